The molecule has 0 unspecified atom stereocenters. The number of carbonyl (C=O) groups excluding carboxylic acids is 1. The minimum absolute atomic E-state index is 0.186. The Hall–Kier alpha value is -5.05. The largest absolute Gasteiger partial charge is 0.478 e. The van der Waals surface area contributed by atoms with Crippen molar-refractivity contribution in [2.75, 3.05) is 0 Å². The molecule has 0 saturated heterocycles. The fourth-order valence-electron chi connectivity index (χ4n) is 7.35. The molecular weight excluding hydrogens is 581 g/mol. The molecule has 9 heteroatoms. The van der Waals surface area contributed by atoms with Gasteiger partial charge in [0.15, 0.2) is 0 Å². The van der Waals surface area contributed by atoms with Gasteiger partial charge in [-0.2, -0.15) is 0 Å². The van der Waals surface area contributed by atoms with E-state index >= 15 is 0 Å². The summed E-state index contributed by atoms with van der Waals surface area (Å²) in [6.07, 6.45) is 15.0. The zero-order valence-corrected chi connectivity index (χ0v) is 26.0. The number of benzene rings is 2. The van der Waals surface area contributed by atoms with Gasteiger partial charge < -0.3 is 19.6 Å². The molecule has 2 aliphatic rings. The van der Waals surface area contributed by atoms with E-state index in [1.807, 2.05) is 48.0 Å². The number of nitrogens with one attached hydrogen (secondary N) is 1. The molecule has 0 spiro atoms. The fraction of sp³-hybridized carbons (Fsp3) is 0.297. The van der Waals surface area contributed by atoms with Crippen molar-refractivity contribution in [3.05, 3.63) is 101 Å². The van der Waals surface area contributed by atoms with Crippen LogP contribution in [0.25, 0.3) is 39.4 Å². The number of aryl methyl sites for hydroxylation is 2. The molecule has 0 bridgehead atoms. The van der Waals surface area contributed by atoms with E-state index in [0.29, 0.717) is 24.4 Å². The van der Waals surface area contributed by atoms with Gasteiger partial charge in [0.25, 0.3) is 5.91 Å². The first-order valence-corrected chi connectivity index (χ1v) is 15.9. The molecule has 234 valence electrons. The molecule has 8 nitrogen and oxygen atoms in total. The van der Waals surface area contributed by atoms with Crippen molar-refractivity contribution >= 4 is 39.9 Å². The minimum Gasteiger partial charge on any atom is -0.478 e. The van der Waals surface area contributed by atoms with Crippen molar-refractivity contribution in [2.45, 2.75) is 63.5 Å². The topological polar surface area (TPSA) is 102 Å². The van der Waals surface area contributed by atoms with Crippen LogP contribution in [0.3, 0.4) is 0 Å². The second-order valence-electron chi connectivity index (χ2n) is 12.6. The Balaban J connectivity index is 1.26. The van der Waals surface area contributed by atoms with Crippen LogP contribution in [0.15, 0.2) is 73.0 Å². The van der Waals surface area contributed by atoms with Gasteiger partial charge in [0.2, 0.25) is 0 Å². The average Bonchev–Trinajstić information content (AvgIpc) is 3.75. The monoisotopic (exact) mass is 617 g/mol. The lowest BCUT2D eigenvalue weighted by molar-refractivity contribution is -0.131. The maximum absolute atomic E-state index is 14.1. The molecule has 0 atom stereocenters. The summed E-state index contributed by atoms with van der Waals surface area (Å²) < 4.78 is 18.2. The molecule has 3 aromatic heterocycles. The summed E-state index contributed by atoms with van der Waals surface area (Å²) in [5.41, 5.74) is 5.99. The van der Waals surface area contributed by atoms with Gasteiger partial charge in [-0.1, -0.05) is 37.5 Å². The molecule has 5 aromatic rings. The number of hydrogen-bond acceptors (Lipinski definition) is 4. The van der Waals surface area contributed by atoms with Crippen LogP contribution in [0.4, 0.5) is 4.39 Å². The fourth-order valence-corrected chi connectivity index (χ4v) is 7.35. The standard InChI is InChI=1S/C37H36FN5O3/c1-23-28-21-25(12-16-31(28)43(27-8-4-3-5-9-27)34(23)30-15-13-26(38)22-39-30)35(46)41-37(18-6-7-19-37)36-40-29-14-10-24(11-17-33(44)45)20-32(29)42(36)2/h6-7,10-17,20-22,27H,3-5,8-9,18-19H2,1-2H3,(H,41,46)(H,44,45)/b17-11+. The van der Waals surface area contributed by atoms with E-state index in [-0.39, 0.29) is 11.7 Å². The lowest BCUT2D eigenvalue weighted by Gasteiger charge is -2.30. The SMILES string of the molecule is Cc1c(-c2ccc(F)cn2)n(C2CCCCC2)c2ccc(C(=O)NC3(c4nc5ccc(/C=C/C(=O)O)cc5n4C)CC=CC3)cc12. The number of carboxylic acid groups (broad SMARTS) is 1. The second-order valence-corrected chi connectivity index (χ2v) is 12.6. The van der Waals surface area contributed by atoms with Crippen LogP contribution in [0.1, 0.15) is 78.3 Å². The number of aromatic nitrogens is 4. The van der Waals surface area contributed by atoms with Gasteiger partial charge in [0, 0.05) is 35.6 Å². The first-order valence-electron chi connectivity index (χ1n) is 15.9. The number of fused-ring (bicyclic) bond motifs is 2. The van der Waals surface area contributed by atoms with Crippen molar-refractivity contribution < 1.29 is 19.1 Å². The number of rotatable bonds is 7. The Morgan fingerprint density at radius 3 is 2.52 bits per heavy atom. The van der Waals surface area contributed by atoms with E-state index in [4.69, 9.17) is 10.1 Å². The van der Waals surface area contributed by atoms with Gasteiger partial charge in [-0.15, -0.1) is 0 Å². The molecule has 1 amide bonds. The van der Waals surface area contributed by atoms with Crippen LogP contribution in [-0.4, -0.2) is 36.1 Å². The van der Waals surface area contributed by atoms with Crippen molar-refractivity contribution in [3.8, 4) is 11.4 Å². The van der Waals surface area contributed by atoms with E-state index in [1.54, 1.807) is 12.1 Å². The Kier molecular flexibility index (Phi) is 7.55. The lowest BCUT2D eigenvalue weighted by Crippen LogP contribution is -2.45. The highest BCUT2D eigenvalue weighted by atomic mass is 19.1. The number of carboxylic acids is 1. The first kappa shape index (κ1) is 29.6. The van der Waals surface area contributed by atoms with Crippen molar-refractivity contribution in [1.29, 1.82) is 0 Å². The van der Waals surface area contributed by atoms with Crippen LogP contribution in [0, 0.1) is 12.7 Å². The number of carbonyl (C=O) groups is 2. The lowest BCUT2D eigenvalue weighted by atomic mass is 9.94. The summed E-state index contributed by atoms with van der Waals surface area (Å²) in [4.78, 5) is 34.5. The van der Waals surface area contributed by atoms with Crippen molar-refractivity contribution in [3.63, 3.8) is 0 Å². The van der Waals surface area contributed by atoms with E-state index in [1.165, 1.54) is 31.5 Å². The molecule has 2 N–H and O–H groups in total. The Bertz CT molecular complexity index is 2040. The summed E-state index contributed by atoms with van der Waals surface area (Å²) in [6.45, 7) is 2.06. The van der Waals surface area contributed by atoms with Crippen LogP contribution in [0.2, 0.25) is 0 Å². The van der Waals surface area contributed by atoms with E-state index in [2.05, 4.69) is 33.9 Å². The summed E-state index contributed by atoms with van der Waals surface area (Å²) in [7, 11) is 1.93. The van der Waals surface area contributed by atoms with E-state index < -0.39 is 11.5 Å². The highest BCUT2D eigenvalue weighted by Crippen LogP contribution is 2.41. The van der Waals surface area contributed by atoms with Crippen LogP contribution < -0.4 is 5.32 Å². The molecule has 2 aromatic carbocycles. The summed E-state index contributed by atoms with van der Waals surface area (Å²) in [5, 5.41) is 13.4. The molecule has 7 rings (SSSR count). The predicted molar refractivity (Wildman–Crippen MR) is 177 cm³/mol. The number of nitrogens with zero attached hydrogens (tertiary/aromatic N) is 4. The summed E-state index contributed by atoms with van der Waals surface area (Å²) in [5.74, 6) is -0.821. The van der Waals surface area contributed by atoms with Crippen LogP contribution in [-0.2, 0) is 17.4 Å². The number of imidazole rings is 1. The minimum atomic E-state index is -1.01. The van der Waals surface area contributed by atoms with Crippen LogP contribution in [0.5, 0.6) is 0 Å². The number of pyridine rings is 1. The molecule has 1 fully saturated rings. The first-order chi connectivity index (χ1) is 22.2. The Morgan fingerprint density at radius 1 is 1.02 bits per heavy atom. The van der Waals surface area contributed by atoms with Crippen molar-refractivity contribution in [1.82, 2.24) is 24.4 Å². The average molecular weight is 618 g/mol. The third-order valence-corrected chi connectivity index (χ3v) is 9.63. The van der Waals surface area contributed by atoms with Gasteiger partial charge >= 0.3 is 5.97 Å². The smallest absolute Gasteiger partial charge is 0.328 e. The molecule has 2 aliphatic carbocycles. The molecule has 0 radical (unpaired) electrons. The molecule has 1 saturated carbocycles. The highest BCUT2D eigenvalue weighted by molar-refractivity contribution is 6.01. The second kappa shape index (κ2) is 11.7. The third kappa shape index (κ3) is 5.19. The summed E-state index contributed by atoms with van der Waals surface area (Å²) in [6, 6.07) is 15.0. The van der Waals surface area contributed by atoms with E-state index in [9.17, 15) is 14.0 Å². The zero-order valence-electron chi connectivity index (χ0n) is 26.0. The van der Waals surface area contributed by atoms with Gasteiger partial charge in [-0.25, -0.2) is 14.2 Å². The molecule has 0 aliphatic heterocycles. The number of amides is 1. The van der Waals surface area contributed by atoms with Gasteiger partial charge in [-0.05, 0) is 92.3 Å². The summed E-state index contributed by atoms with van der Waals surface area (Å²) >= 11 is 0. The number of hydrogen-bond donors (Lipinski definition) is 2. The maximum atomic E-state index is 14.1. The molecular formula is C37H36FN5O3. The molecule has 46 heavy (non-hydrogen) atoms. The van der Waals surface area contributed by atoms with Gasteiger partial charge in [0.1, 0.15) is 17.2 Å². The Morgan fingerprint density at radius 2 is 1.80 bits per heavy atom. The van der Waals surface area contributed by atoms with Gasteiger partial charge in [-0.3, -0.25) is 9.78 Å². The van der Waals surface area contributed by atoms with Gasteiger partial charge in [0.05, 0.1) is 28.6 Å². The Labute approximate surface area is 266 Å². The van der Waals surface area contributed by atoms with E-state index in [0.717, 1.165) is 69.2 Å². The van der Waals surface area contributed by atoms with Crippen LogP contribution >= 0.6 is 0 Å². The number of halogens is 1. The number of aliphatic carboxylic acids is 1. The maximum Gasteiger partial charge on any atom is 0.328 e. The third-order valence-electron chi connectivity index (χ3n) is 9.63. The van der Waals surface area contributed by atoms with Crippen molar-refractivity contribution in [2.24, 2.45) is 7.05 Å². The highest BCUT2D eigenvalue weighted by Gasteiger charge is 2.39. The quantitative estimate of drug-likeness (QED) is 0.145. The normalized spacial score (nSPS) is 16.6. The molecule has 3 heterocycles. The predicted octanol–water partition coefficient (Wildman–Crippen LogP) is 7.62. The zero-order chi connectivity index (χ0) is 32.0.